The number of halogens is 2. The van der Waals surface area contributed by atoms with Crippen LogP contribution in [0.2, 0.25) is 5.02 Å². The number of benzene rings is 3. The molecular formula is C24H20Cl2N2O7. The summed E-state index contributed by atoms with van der Waals surface area (Å²) >= 11 is 6.39. The molecule has 11 heteroatoms. The third-order valence-electron chi connectivity index (χ3n) is 4.60. The highest BCUT2D eigenvalue weighted by Gasteiger charge is 2.13. The van der Waals surface area contributed by atoms with Crippen LogP contribution in [0.3, 0.4) is 0 Å². The molecule has 182 valence electrons. The van der Waals surface area contributed by atoms with Crippen LogP contribution in [0, 0.1) is 10.2 Å². The summed E-state index contributed by atoms with van der Waals surface area (Å²) in [5, 5.41) is 5.09. The van der Waals surface area contributed by atoms with Gasteiger partial charge >= 0.3 is 0 Å². The van der Waals surface area contributed by atoms with Crippen molar-refractivity contribution < 1.29 is 47.8 Å². The summed E-state index contributed by atoms with van der Waals surface area (Å²) in [6.07, 6.45) is 0. The molecule has 0 bridgehead atoms. The maximum atomic E-state index is 11.2. The minimum absolute atomic E-state index is 0.108. The summed E-state index contributed by atoms with van der Waals surface area (Å²) < 4.78 is 45.5. The van der Waals surface area contributed by atoms with E-state index in [1.165, 1.54) is 6.92 Å². The first kappa shape index (κ1) is 26.2. The third kappa shape index (κ3) is 7.79. The quantitative estimate of drug-likeness (QED) is 0.360. The lowest BCUT2D eigenvalue weighted by molar-refractivity contribution is -2.00. The lowest BCUT2D eigenvalue weighted by atomic mass is 10.1. The van der Waals surface area contributed by atoms with Gasteiger partial charge in [0.2, 0.25) is 17.0 Å². The normalized spacial score (nSPS) is 11.6. The van der Waals surface area contributed by atoms with E-state index in [0.717, 1.165) is 33.4 Å². The number of nitrogens with one attached hydrogen (secondary N) is 2. The van der Waals surface area contributed by atoms with E-state index >= 15 is 0 Å². The SMILES string of the molecule is COc1ccc2oc(-c3ccccc3Cl)cc(=[NH+]c3ccc(NC(C)=O)cc3)c2c1.[O-][Cl+3]([O-])([O-])[O-]. The molecule has 0 aliphatic heterocycles. The van der Waals surface area contributed by atoms with Gasteiger partial charge in [0.25, 0.3) is 0 Å². The summed E-state index contributed by atoms with van der Waals surface area (Å²) in [5.41, 5.74) is 3.11. The van der Waals surface area contributed by atoms with Crippen molar-refractivity contribution in [3.8, 4) is 17.1 Å². The Kier molecular flexibility index (Phi) is 8.47. The van der Waals surface area contributed by atoms with Crippen LogP contribution >= 0.6 is 11.6 Å². The van der Waals surface area contributed by atoms with E-state index in [0.29, 0.717) is 16.4 Å². The first-order valence-electron chi connectivity index (χ1n) is 10.00. The second-order valence-corrected chi connectivity index (χ2v) is 8.29. The van der Waals surface area contributed by atoms with Gasteiger partial charge in [-0.15, -0.1) is 10.2 Å². The van der Waals surface area contributed by atoms with Crippen LogP contribution in [0.1, 0.15) is 6.92 Å². The number of hydrogen-bond donors (Lipinski definition) is 2. The molecule has 0 saturated heterocycles. The monoisotopic (exact) mass is 518 g/mol. The molecule has 2 N–H and O–H groups in total. The minimum atomic E-state index is -4.94. The van der Waals surface area contributed by atoms with Gasteiger partial charge in [-0.25, -0.2) is 23.6 Å². The van der Waals surface area contributed by atoms with E-state index in [1.54, 1.807) is 7.11 Å². The number of carbonyl (C=O) groups is 1. The Morgan fingerprint density at radius 3 is 2.26 bits per heavy atom. The number of hydrogen-bond acceptors (Lipinski definition) is 7. The van der Waals surface area contributed by atoms with Gasteiger partial charge in [0.05, 0.1) is 23.6 Å². The van der Waals surface area contributed by atoms with Gasteiger partial charge in [0, 0.05) is 30.3 Å². The molecular weight excluding hydrogens is 499 g/mol. The molecule has 0 atom stereocenters. The second kappa shape index (κ2) is 11.3. The zero-order valence-corrected chi connectivity index (χ0v) is 20.1. The van der Waals surface area contributed by atoms with Crippen molar-refractivity contribution in [2.24, 2.45) is 0 Å². The number of fused-ring (bicyclic) bond motifs is 1. The van der Waals surface area contributed by atoms with Crippen molar-refractivity contribution in [1.82, 2.24) is 0 Å². The van der Waals surface area contributed by atoms with Crippen LogP contribution < -0.4 is 39.0 Å². The van der Waals surface area contributed by atoms with E-state index in [2.05, 4.69) is 10.3 Å². The van der Waals surface area contributed by atoms with Gasteiger partial charge in [0.15, 0.2) is 0 Å². The predicted molar refractivity (Wildman–Crippen MR) is 118 cm³/mol. The standard InChI is InChI=1S/C24H19ClN2O3.ClHO4/c1-15(28)26-16-7-9-17(10-8-16)27-22-14-24(19-5-3-4-6-21(19)25)30-23-12-11-18(29-2)13-20(22)23;2-1(3,4)5/h3-14H,1-2H3,(H,26,28);(H,2,3,4,5). The lowest BCUT2D eigenvalue weighted by Gasteiger charge is -2.17. The second-order valence-electron chi connectivity index (χ2n) is 7.13. The van der Waals surface area contributed by atoms with Crippen molar-refractivity contribution >= 4 is 39.9 Å². The van der Waals surface area contributed by atoms with Gasteiger partial charge < -0.3 is 14.5 Å². The number of ether oxygens (including phenoxy) is 1. The van der Waals surface area contributed by atoms with E-state index in [9.17, 15) is 4.79 Å². The van der Waals surface area contributed by atoms with Gasteiger partial charge in [-0.2, -0.15) is 0 Å². The van der Waals surface area contributed by atoms with E-state index in [-0.39, 0.29) is 5.91 Å². The summed E-state index contributed by atoms with van der Waals surface area (Å²) in [6, 6.07) is 22.6. The van der Waals surface area contributed by atoms with Gasteiger partial charge in [-0.05, 0) is 42.5 Å². The highest BCUT2D eigenvalue weighted by Crippen LogP contribution is 2.29. The lowest BCUT2D eigenvalue weighted by Crippen LogP contribution is -2.70. The fourth-order valence-corrected chi connectivity index (χ4v) is 3.41. The summed E-state index contributed by atoms with van der Waals surface area (Å²) in [5.74, 6) is 1.27. The van der Waals surface area contributed by atoms with Crippen LogP contribution in [0.4, 0.5) is 11.4 Å². The fourth-order valence-electron chi connectivity index (χ4n) is 3.19. The number of carbonyl (C=O) groups excluding carboxylic acids is 1. The Hall–Kier alpha value is -3.44. The van der Waals surface area contributed by atoms with Crippen molar-refractivity contribution in [2.45, 2.75) is 6.92 Å². The first-order valence-corrected chi connectivity index (χ1v) is 11.6. The molecule has 0 spiro atoms. The smallest absolute Gasteiger partial charge is 0.221 e. The molecule has 0 aliphatic rings. The maximum Gasteiger partial charge on any atom is 0.221 e. The molecule has 4 aromatic rings. The molecule has 0 aliphatic carbocycles. The van der Waals surface area contributed by atoms with Crippen LogP contribution in [0.25, 0.3) is 22.3 Å². The number of rotatable bonds is 4. The predicted octanol–water partition coefficient (Wildman–Crippen LogP) is -0.723. The highest BCUT2D eigenvalue weighted by molar-refractivity contribution is 6.33. The molecule has 35 heavy (non-hydrogen) atoms. The molecule has 4 rings (SSSR count). The molecule has 1 heterocycles. The van der Waals surface area contributed by atoms with Crippen LogP contribution in [-0.2, 0) is 4.79 Å². The molecule has 3 aromatic carbocycles. The Bertz CT molecular complexity index is 1390. The third-order valence-corrected chi connectivity index (χ3v) is 4.93. The topological polar surface area (TPSA) is 158 Å². The molecule has 1 aromatic heterocycles. The number of methoxy groups -OCH3 is 1. The largest absolute Gasteiger partial charge is 0.497 e. The van der Waals surface area contributed by atoms with Crippen molar-refractivity contribution in [3.63, 3.8) is 0 Å². The Labute approximate surface area is 207 Å². The molecule has 9 nitrogen and oxygen atoms in total. The first-order chi connectivity index (χ1) is 16.5. The number of anilines is 1. The van der Waals surface area contributed by atoms with Crippen molar-refractivity contribution in [2.75, 3.05) is 12.4 Å². The maximum absolute atomic E-state index is 11.2. The summed E-state index contributed by atoms with van der Waals surface area (Å²) in [6.45, 7) is 1.48. The van der Waals surface area contributed by atoms with Crippen LogP contribution in [0.5, 0.6) is 5.75 Å². The molecule has 0 unspecified atom stereocenters. The van der Waals surface area contributed by atoms with E-state index in [1.807, 2.05) is 72.8 Å². The average molecular weight is 519 g/mol. The van der Waals surface area contributed by atoms with Gasteiger partial charge in [0.1, 0.15) is 17.1 Å². The zero-order chi connectivity index (χ0) is 25.6. The Morgan fingerprint density at radius 1 is 1.00 bits per heavy atom. The Balaban J connectivity index is 0.000000623. The van der Waals surface area contributed by atoms with Crippen LogP contribution in [-0.4, -0.2) is 13.0 Å². The summed E-state index contributed by atoms with van der Waals surface area (Å²) in [4.78, 5) is 14.7. The molecule has 0 saturated carbocycles. The Morgan fingerprint density at radius 2 is 1.66 bits per heavy atom. The zero-order valence-electron chi connectivity index (χ0n) is 18.5. The minimum Gasteiger partial charge on any atom is -0.497 e. The van der Waals surface area contributed by atoms with Crippen molar-refractivity contribution in [1.29, 1.82) is 0 Å². The van der Waals surface area contributed by atoms with Gasteiger partial charge in [-0.3, -0.25) is 4.79 Å². The molecule has 0 radical (unpaired) electrons. The average Bonchev–Trinajstić information content (AvgIpc) is 2.79. The summed E-state index contributed by atoms with van der Waals surface area (Å²) in [7, 11) is -3.32. The molecule has 1 amide bonds. The fraction of sp³-hybridized carbons (Fsp3) is 0.0833. The van der Waals surface area contributed by atoms with Crippen LogP contribution in [0.15, 0.2) is 77.2 Å². The highest BCUT2D eigenvalue weighted by atomic mass is 35.7. The van der Waals surface area contributed by atoms with Crippen molar-refractivity contribution in [3.05, 3.63) is 83.2 Å². The van der Waals surface area contributed by atoms with E-state index in [4.69, 9.17) is 39.4 Å². The van der Waals surface area contributed by atoms with Gasteiger partial charge in [-0.1, -0.05) is 23.7 Å². The number of amides is 1. The molecule has 0 fully saturated rings. The van der Waals surface area contributed by atoms with E-state index < -0.39 is 10.2 Å².